The monoisotopic (exact) mass is 265 g/mol. The Labute approximate surface area is 101 Å². The number of rotatable bonds is 7. The molecule has 1 saturated carbocycles. The molecular formula is C10H19NO5S. The fourth-order valence-corrected chi connectivity index (χ4v) is 2.85. The van der Waals surface area contributed by atoms with Crippen LogP contribution in [0.4, 0.5) is 0 Å². The molecule has 0 aromatic carbocycles. The Morgan fingerprint density at radius 1 is 1.47 bits per heavy atom. The van der Waals surface area contributed by atoms with Gasteiger partial charge in [0.05, 0.1) is 19.0 Å². The summed E-state index contributed by atoms with van der Waals surface area (Å²) in [6.07, 6.45) is 1.41. The number of esters is 1. The predicted octanol–water partition coefficient (Wildman–Crippen LogP) is -0.370. The van der Waals surface area contributed by atoms with Crippen LogP contribution in [0.15, 0.2) is 0 Å². The van der Waals surface area contributed by atoms with Gasteiger partial charge in [0, 0.05) is 13.0 Å². The normalized spacial score (nSPS) is 24.1. The van der Waals surface area contributed by atoms with E-state index >= 15 is 0 Å². The number of aliphatic hydroxyl groups is 1. The van der Waals surface area contributed by atoms with Gasteiger partial charge in [0.25, 0.3) is 0 Å². The molecule has 0 unspecified atom stereocenters. The number of carbonyl (C=O) groups is 1. The van der Waals surface area contributed by atoms with Crippen LogP contribution in [-0.2, 0) is 19.6 Å². The zero-order valence-corrected chi connectivity index (χ0v) is 10.7. The van der Waals surface area contributed by atoms with Gasteiger partial charge in [-0.15, -0.1) is 0 Å². The van der Waals surface area contributed by atoms with Crippen LogP contribution < -0.4 is 4.72 Å². The standard InChI is InChI=1S/C10H19NO5S/c1-16-10(13)3-2-4-17(14,15)11-7-8-5-9(12)6-8/h8-9,11-12H,2-7H2,1H3. The van der Waals surface area contributed by atoms with E-state index in [9.17, 15) is 13.2 Å². The van der Waals surface area contributed by atoms with Crippen molar-refractivity contribution in [1.82, 2.24) is 4.72 Å². The van der Waals surface area contributed by atoms with Gasteiger partial charge in [-0.2, -0.15) is 0 Å². The van der Waals surface area contributed by atoms with E-state index in [-0.39, 0.29) is 30.6 Å². The third-order valence-corrected chi connectivity index (χ3v) is 4.26. The second-order valence-electron chi connectivity index (χ2n) is 4.34. The lowest BCUT2D eigenvalue weighted by molar-refractivity contribution is -0.140. The van der Waals surface area contributed by atoms with E-state index in [4.69, 9.17) is 5.11 Å². The molecule has 0 saturated heterocycles. The minimum Gasteiger partial charge on any atom is -0.469 e. The maximum atomic E-state index is 11.5. The first-order chi connectivity index (χ1) is 7.93. The highest BCUT2D eigenvalue weighted by molar-refractivity contribution is 7.89. The molecular weight excluding hydrogens is 246 g/mol. The molecule has 0 amide bonds. The lowest BCUT2D eigenvalue weighted by Crippen LogP contribution is -2.39. The molecule has 17 heavy (non-hydrogen) atoms. The molecule has 1 aliphatic carbocycles. The van der Waals surface area contributed by atoms with Crippen molar-refractivity contribution in [3.05, 3.63) is 0 Å². The summed E-state index contributed by atoms with van der Waals surface area (Å²) >= 11 is 0. The molecule has 0 aromatic heterocycles. The van der Waals surface area contributed by atoms with E-state index in [1.54, 1.807) is 0 Å². The largest absolute Gasteiger partial charge is 0.469 e. The summed E-state index contributed by atoms with van der Waals surface area (Å²) in [5.41, 5.74) is 0. The van der Waals surface area contributed by atoms with Gasteiger partial charge >= 0.3 is 5.97 Å². The minimum atomic E-state index is -3.31. The van der Waals surface area contributed by atoms with Crippen LogP contribution in [0.25, 0.3) is 0 Å². The Morgan fingerprint density at radius 2 is 2.12 bits per heavy atom. The molecule has 100 valence electrons. The summed E-state index contributed by atoms with van der Waals surface area (Å²) in [7, 11) is -2.04. The topological polar surface area (TPSA) is 92.7 Å². The molecule has 6 nitrogen and oxygen atoms in total. The first-order valence-electron chi connectivity index (χ1n) is 5.65. The first kappa shape index (κ1) is 14.4. The maximum absolute atomic E-state index is 11.5. The first-order valence-corrected chi connectivity index (χ1v) is 7.30. The van der Waals surface area contributed by atoms with E-state index in [0.717, 1.165) is 0 Å². The summed E-state index contributed by atoms with van der Waals surface area (Å²) in [5.74, 6) is -0.236. The second-order valence-corrected chi connectivity index (χ2v) is 6.26. The highest BCUT2D eigenvalue weighted by atomic mass is 32.2. The van der Waals surface area contributed by atoms with Gasteiger partial charge in [-0.1, -0.05) is 0 Å². The molecule has 1 rings (SSSR count). The van der Waals surface area contributed by atoms with Crippen LogP contribution in [0.5, 0.6) is 0 Å². The number of sulfonamides is 1. The van der Waals surface area contributed by atoms with Crippen LogP contribution >= 0.6 is 0 Å². The molecule has 2 N–H and O–H groups in total. The van der Waals surface area contributed by atoms with E-state index in [1.165, 1.54) is 7.11 Å². The Morgan fingerprint density at radius 3 is 2.65 bits per heavy atom. The zero-order chi connectivity index (χ0) is 12.9. The average Bonchev–Trinajstić information content (AvgIpc) is 2.22. The molecule has 1 fully saturated rings. The molecule has 0 bridgehead atoms. The van der Waals surface area contributed by atoms with Gasteiger partial charge < -0.3 is 9.84 Å². The second kappa shape index (κ2) is 6.32. The van der Waals surface area contributed by atoms with Crippen LogP contribution in [0.3, 0.4) is 0 Å². The van der Waals surface area contributed by atoms with E-state index in [0.29, 0.717) is 19.4 Å². The third-order valence-electron chi connectivity index (χ3n) is 2.82. The van der Waals surface area contributed by atoms with Crippen molar-refractivity contribution in [2.45, 2.75) is 31.8 Å². The highest BCUT2D eigenvalue weighted by Gasteiger charge is 2.27. The molecule has 0 heterocycles. The molecule has 0 atom stereocenters. The van der Waals surface area contributed by atoms with Crippen molar-refractivity contribution in [2.24, 2.45) is 5.92 Å². The van der Waals surface area contributed by atoms with Gasteiger partial charge in [-0.25, -0.2) is 13.1 Å². The van der Waals surface area contributed by atoms with Gasteiger partial charge in [0.15, 0.2) is 0 Å². The number of hydrogen-bond acceptors (Lipinski definition) is 5. The molecule has 0 aliphatic heterocycles. The summed E-state index contributed by atoms with van der Waals surface area (Å²) in [6.45, 7) is 0.373. The van der Waals surface area contributed by atoms with Crippen molar-refractivity contribution in [3.63, 3.8) is 0 Å². The predicted molar refractivity (Wildman–Crippen MR) is 61.8 cm³/mol. The van der Waals surface area contributed by atoms with Crippen molar-refractivity contribution in [1.29, 1.82) is 0 Å². The van der Waals surface area contributed by atoms with Crippen LogP contribution in [0, 0.1) is 5.92 Å². The molecule has 0 aromatic rings. The lowest BCUT2D eigenvalue weighted by atomic mass is 9.83. The smallest absolute Gasteiger partial charge is 0.305 e. The fourth-order valence-electron chi connectivity index (χ4n) is 1.69. The van der Waals surface area contributed by atoms with Gasteiger partial charge in [-0.3, -0.25) is 4.79 Å². The Kier molecular flexibility index (Phi) is 5.35. The lowest BCUT2D eigenvalue weighted by Gasteiger charge is -2.31. The van der Waals surface area contributed by atoms with Crippen LogP contribution in [0.2, 0.25) is 0 Å². The van der Waals surface area contributed by atoms with Gasteiger partial charge in [0.1, 0.15) is 0 Å². The van der Waals surface area contributed by atoms with Crippen molar-refractivity contribution in [2.75, 3.05) is 19.4 Å². The van der Waals surface area contributed by atoms with Crippen molar-refractivity contribution >= 4 is 16.0 Å². The maximum Gasteiger partial charge on any atom is 0.305 e. The average molecular weight is 265 g/mol. The summed E-state index contributed by atoms with van der Waals surface area (Å²) in [5, 5.41) is 9.05. The third kappa shape index (κ3) is 5.47. The summed E-state index contributed by atoms with van der Waals surface area (Å²) in [6, 6.07) is 0. The van der Waals surface area contributed by atoms with Crippen molar-refractivity contribution < 1.29 is 23.1 Å². The van der Waals surface area contributed by atoms with E-state index < -0.39 is 16.0 Å². The molecule has 0 radical (unpaired) electrons. The number of methoxy groups -OCH3 is 1. The number of hydrogen-bond donors (Lipinski definition) is 2. The molecule has 1 aliphatic rings. The Hall–Kier alpha value is -0.660. The van der Waals surface area contributed by atoms with E-state index in [2.05, 4.69) is 9.46 Å². The zero-order valence-electron chi connectivity index (χ0n) is 9.89. The molecule has 7 heteroatoms. The molecule has 0 spiro atoms. The SMILES string of the molecule is COC(=O)CCCS(=O)(=O)NCC1CC(O)C1. The Balaban J connectivity index is 2.15. The van der Waals surface area contributed by atoms with Crippen LogP contribution in [-0.4, -0.2) is 45.0 Å². The summed E-state index contributed by atoms with van der Waals surface area (Å²) < 4.78 is 29.9. The number of carbonyl (C=O) groups excluding carboxylic acids is 1. The van der Waals surface area contributed by atoms with Gasteiger partial charge in [-0.05, 0) is 25.2 Å². The Bertz CT molecular complexity index is 348. The van der Waals surface area contributed by atoms with E-state index in [1.807, 2.05) is 0 Å². The van der Waals surface area contributed by atoms with Crippen LogP contribution in [0.1, 0.15) is 25.7 Å². The number of ether oxygens (including phenoxy) is 1. The minimum absolute atomic E-state index is 0.0721. The highest BCUT2D eigenvalue weighted by Crippen LogP contribution is 2.26. The fraction of sp³-hybridized carbons (Fsp3) is 0.900. The van der Waals surface area contributed by atoms with Crippen molar-refractivity contribution in [3.8, 4) is 0 Å². The summed E-state index contributed by atoms with van der Waals surface area (Å²) in [4.78, 5) is 10.8. The van der Waals surface area contributed by atoms with Gasteiger partial charge in [0.2, 0.25) is 10.0 Å². The number of aliphatic hydroxyl groups excluding tert-OH is 1. The quantitative estimate of drug-likeness (QED) is 0.613. The number of nitrogens with one attached hydrogen (secondary N) is 1.